The molecule has 2 unspecified atom stereocenters. The molecule has 1 amide bonds. The Morgan fingerprint density at radius 2 is 1.79 bits per heavy atom. The lowest BCUT2D eigenvalue weighted by molar-refractivity contribution is -0.142. The topological polar surface area (TPSA) is 69.2 Å². The number of piperidine rings is 1. The third kappa shape index (κ3) is 7.56. The van der Waals surface area contributed by atoms with Crippen molar-refractivity contribution in [2.75, 3.05) is 33.7 Å². The molecule has 0 aromatic rings. The van der Waals surface area contributed by atoms with Gasteiger partial charge in [-0.05, 0) is 53.5 Å². The number of nitrogens with one attached hydrogen (secondary N) is 2. The van der Waals surface area contributed by atoms with Crippen molar-refractivity contribution >= 4 is 12.1 Å². The van der Waals surface area contributed by atoms with Crippen LogP contribution in [-0.2, 0) is 4.74 Å². The van der Waals surface area contributed by atoms with Gasteiger partial charge < -0.3 is 20.3 Å². The summed E-state index contributed by atoms with van der Waals surface area (Å²) >= 11 is 0. The average molecular weight is 422 g/mol. The molecule has 10 heteroatoms. The minimum absolute atomic E-state index is 0.136. The van der Waals surface area contributed by atoms with E-state index in [-0.39, 0.29) is 30.8 Å². The molecule has 29 heavy (non-hydrogen) atoms. The first-order valence-corrected chi connectivity index (χ1v) is 10.1. The van der Waals surface area contributed by atoms with E-state index in [1.54, 1.807) is 7.05 Å². The number of carbonyl (C=O) groups excluding carboxylic acids is 1. The minimum Gasteiger partial charge on any atom is -0.444 e. The van der Waals surface area contributed by atoms with E-state index in [1.165, 1.54) is 11.9 Å². The molecule has 2 aliphatic heterocycles. The number of amides is 1. The average Bonchev–Trinajstić information content (AvgIpc) is 2.82. The molecule has 2 bridgehead atoms. The summed E-state index contributed by atoms with van der Waals surface area (Å²) in [5.74, 6) is 0.570. The van der Waals surface area contributed by atoms with E-state index in [2.05, 4.69) is 15.6 Å². The molecule has 0 spiro atoms. The van der Waals surface area contributed by atoms with Crippen molar-refractivity contribution in [3.05, 3.63) is 0 Å². The molecular formula is C19H34F3N5O2. The Morgan fingerprint density at radius 1 is 1.21 bits per heavy atom. The van der Waals surface area contributed by atoms with Gasteiger partial charge in [0.05, 0.1) is 6.54 Å². The monoisotopic (exact) mass is 421 g/mol. The number of nitrogens with zero attached hydrogens (tertiary/aromatic N) is 3. The molecule has 2 aliphatic rings. The van der Waals surface area contributed by atoms with E-state index < -0.39 is 18.3 Å². The van der Waals surface area contributed by atoms with Gasteiger partial charge in [-0.3, -0.25) is 9.89 Å². The van der Waals surface area contributed by atoms with Crippen molar-refractivity contribution in [2.45, 2.75) is 76.4 Å². The van der Waals surface area contributed by atoms with Gasteiger partial charge in [0, 0.05) is 38.3 Å². The number of fused-ring (bicyclic) bond motifs is 2. The molecule has 7 nitrogen and oxygen atoms in total. The van der Waals surface area contributed by atoms with Crippen LogP contribution in [0.1, 0.15) is 46.5 Å². The normalized spacial score (nSPS) is 25.3. The fourth-order valence-electron chi connectivity index (χ4n) is 4.05. The van der Waals surface area contributed by atoms with Crippen molar-refractivity contribution in [3.8, 4) is 0 Å². The SMILES string of the molecule is CN=C(NCCN(C)CC(F)(F)F)NC1CC2CCC(C1)N2C(=O)OC(C)(C)C. The van der Waals surface area contributed by atoms with Gasteiger partial charge in [0.15, 0.2) is 5.96 Å². The number of ether oxygens (including phenoxy) is 1. The first kappa shape index (κ1) is 23.6. The first-order valence-electron chi connectivity index (χ1n) is 10.1. The van der Waals surface area contributed by atoms with Crippen LogP contribution < -0.4 is 10.6 Å². The summed E-state index contributed by atoms with van der Waals surface area (Å²) in [6.07, 6.45) is -0.948. The van der Waals surface area contributed by atoms with Crippen LogP contribution in [0.25, 0.3) is 0 Å². The second kappa shape index (κ2) is 9.40. The summed E-state index contributed by atoms with van der Waals surface area (Å²) in [5.41, 5.74) is -0.517. The highest BCUT2D eigenvalue weighted by atomic mass is 19.4. The third-order valence-corrected chi connectivity index (χ3v) is 5.14. The Labute approximate surface area is 171 Å². The van der Waals surface area contributed by atoms with Gasteiger partial charge in [-0.2, -0.15) is 13.2 Å². The Hall–Kier alpha value is -1.71. The Balaban J connectivity index is 1.80. The summed E-state index contributed by atoms with van der Waals surface area (Å²) < 4.78 is 42.7. The van der Waals surface area contributed by atoms with Gasteiger partial charge in [-0.1, -0.05) is 0 Å². The first-order chi connectivity index (χ1) is 13.4. The highest BCUT2D eigenvalue weighted by Crippen LogP contribution is 2.36. The zero-order chi connectivity index (χ0) is 21.8. The summed E-state index contributed by atoms with van der Waals surface area (Å²) in [7, 11) is 3.08. The number of guanidine groups is 1. The zero-order valence-electron chi connectivity index (χ0n) is 18.0. The standard InChI is InChI=1S/C19H34F3N5O2/c1-18(2,3)29-17(28)27-14-6-7-15(27)11-13(10-14)25-16(23-4)24-8-9-26(5)12-19(20,21)22/h13-15H,6-12H2,1-5H3,(H2,23,24,25). The van der Waals surface area contributed by atoms with Gasteiger partial charge in [-0.25, -0.2) is 4.79 Å². The number of aliphatic imine (C=N–C) groups is 1. The maximum Gasteiger partial charge on any atom is 0.410 e. The smallest absolute Gasteiger partial charge is 0.410 e. The molecule has 0 aromatic carbocycles. The molecule has 0 radical (unpaired) electrons. The van der Waals surface area contributed by atoms with Crippen LogP contribution in [0.15, 0.2) is 4.99 Å². The van der Waals surface area contributed by atoms with Crippen molar-refractivity contribution in [2.24, 2.45) is 4.99 Å². The predicted octanol–water partition coefficient (Wildman–Crippen LogP) is 2.58. The van der Waals surface area contributed by atoms with Crippen LogP contribution in [0.4, 0.5) is 18.0 Å². The number of hydrogen-bond acceptors (Lipinski definition) is 4. The van der Waals surface area contributed by atoms with Gasteiger partial charge in [-0.15, -0.1) is 0 Å². The predicted molar refractivity (Wildman–Crippen MR) is 106 cm³/mol. The number of rotatable bonds is 5. The second-order valence-corrected chi connectivity index (χ2v) is 8.94. The molecule has 2 atom stereocenters. The number of hydrogen-bond donors (Lipinski definition) is 2. The van der Waals surface area contributed by atoms with Gasteiger partial charge >= 0.3 is 12.3 Å². The van der Waals surface area contributed by atoms with Crippen molar-refractivity contribution in [1.82, 2.24) is 20.4 Å². The second-order valence-electron chi connectivity index (χ2n) is 8.94. The Morgan fingerprint density at radius 3 is 2.28 bits per heavy atom. The number of carbonyl (C=O) groups is 1. The molecule has 2 saturated heterocycles. The van der Waals surface area contributed by atoms with E-state index in [1.807, 2.05) is 25.7 Å². The molecule has 0 aromatic heterocycles. The zero-order valence-corrected chi connectivity index (χ0v) is 18.0. The van der Waals surface area contributed by atoms with Gasteiger partial charge in [0.2, 0.25) is 0 Å². The number of likely N-dealkylation sites (N-methyl/N-ethyl adjacent to an activating group) is 1. The van der Waals surface area contributed by atoms with Crippen LogP contribution in [0.5, 0.6) is 0 Å². The lowest BCUT2D eigenvalue weighted by Gasteiger charge is -2.40. The fourth-order valence-corrected chi connectivity index (χ4v) is 4.05. The molecule has 2 rings (SSSR count). The lowest BCUT2D eigenvalue weighted by atomic mass is 9.98. The highest BCUT2D eigenvalue weighted by Gasteiger charge is 2.45. The molecule has 2 heterocycles. The van der Waals surface area contributed by atoms with E-state index in [0.717, 1.165) is 25.7 Å². The molecule has 2 N–H and O–H groups in total. The van der Waals surface area contributed by atoms with Crippen LogP contribution in [-0.4, -0.2) is 85.5 Å². The van der Waals surface area contributed by atoms with Crippen molar-refractivity contribution in [3.63, 3.8) is 0 Å². The van der Waals surface area contributed by atoms with E-state index >= 15 is 0 Å². The number of alkyl halides is 3. The highest BCUT2D eigenvalue weighted by molar-refractivity contribution is 5.80. The van der Waals surface area contributed by atoms with Crippen molar-refractivity contribution in [1.29, 1.82) is 0 Å². The lowest BCUT2D eigenvalue weighted by Crippen LogP contribution is -2.55. The third-order valence-electron chi connectivity index (χ3n) is 5.14. The van der Waals surface area contributed by atoms with E-state index in [0.29, 0.717) is 12.5 Å². The van der Waals surface area contributed by atoms with E-state index in [4.69, 9.17) is 4.74 Å². The summed E-state index contributed by atoms with van der Waals surface area (Å²) in [6.45, 7) is 5.26. The summed E-state index contributed by atoms with van der Waals surface area (Å²) in [5, 5.41) is 6.43. The molecule has 0 saturated carbocycles. The largest absolute Gasteiger partial charge is 0.444 e. The summed E-state index contributed by atoms with van der Waals surface area (Å²) in [4.78, 5) is 19.8. The fraction of sp³-hybridized carbons (Fsp3) is 0.895. The van der Waals surface area contributed by atoms with Crippen LogP contribution in [0, 0.1) is 0 Å². The van der Waals surface area contributed by atoms with Crippen LogP contribution in [0.3, 0.4) is 0 Å². The summed E-state index contributed by atoms with van der Waals surface area (Å²) in [6, 6.07) is 0.430. The Kier molecular flexibility index (Phi) is 7.64. The maximum atomic E-state index is 12.5. The number of halogens is 3. The quantitative estimate of drug-likeness (QED) is 0.528. The maximum absolute atomic E-state index is 12.5. The molecule has 168 valence electrons. The van der Waals surface area contributed by atoms with E-state index in [9.17, 15) is 18.0 Å². The molecular weight excluding hydrogens is 387 g/mol. The van der Waals surface area contributed by atoms with Crippen LogP contribution in [0.2, 0.25) is 0 Å². The van der Waals surface area contributed by atoms with Crippen molar-refractivity contribution < 1.29 is 22.7 Å². The molecule has 2 fully saturated rings. The van der Waals surface area contributed by atoms with Gasteiger partial charge in [0.1, 0.15) is 5.60 Å². The minimum atomic E-state index is -4.20. The Bertz CT molecular complexity index is 577. The van der Waals surface area contributed by atoms with Crippen LogP contribution >= 0.6 is 0 Å². The molecule has 0 aliphatic carbocycles. The van der Waals surface area contributed by atoms with Gasteiger partial charge in [0.25, 0.3) is 0 Å².